The molecule has 24 heavy (non-hydrogen) atoms. The monoisotopic (exact) mass is 338 g/mol. The maximum atomic E-state index is 13.3. The van der Waals surface area contributed by atoms with Gasteiger partial charge in [-0.2, -0.15) is 0 Å². The molecule has 1 aromatic carbocycles. The van der Waals surface area contributed by atoms with Crippen molar-refractivity contribution in [3.8, 4) is 5.75 Å². The van der Waals surface area contributed by atoms with Gasteiger partial charge in [-0.05, 0) is 42.7 Å². The number of carbonyl (C=O) groups is 1. The molecule has 0 fully saturated rings. The molecule has 3 N–H and O–H groups in total. The fraction of sp³-hybridized carbons (Fsp3) is 0.444. The molecule has 2 atom stereocenters. The molecule has 6 heteroatoms. The van der Waals surface area contributed by atoms with Crippen LogP contribution in [0.3, 0.4) is 0 Å². The summed E-state index contributed by atoms with van der Waals surface area (Å²) < 4.78 is 18.0. The standard InChI is InChI=1S/C18H23FO5/c1-3-12(10-17(22)18(23)24-4-2)6-5-7-15(20)13-8-9-16(21)14(19)11-13/h5,8-9,11,15,17,20-22H,3-4,7,10H2,1-2H3/t6?,15-,17-/m1/s1. The molecule has 1 aromatic rings. The number of aliphatic hydroxyl groups excluding tert-OH is 2. The minimum absolute atomic E-state index is 0.107. The van der Waals surface area contributed by atoms with Crippen LogP contribution in [0, 0.1) is 5.82 Å². The van der Waals surface area contributed by atoms with Crippen LogP contribution in [0.4, 0.5) is 4.39 Å². The first-order valence-electron chi connectivity index (χ1n) is 7.83. The zero-order valence-electron chi connectivity index (χ0n) is 13.8. The molecule has 0 radical (unpaired) electrons. The Labute approximate surface area is 140 Å². The van der Waals surface area contributed by atoms with Gasteiger partial charge in [-0.3, -0.25) is 0 Å². The lowest BCUT2D eigenvalue weighted by Crippen LogP contribution is -2.23. The Morgan fingerprint density at radius 3 is 2.67 bits per heavy atom. The fourth-order valence-electron chi connectivity index (χ4n) is 2.04. The normalized spacial score (nSPS) is 12.9. The molecule has 0 aliphatic carbocycles. The summed E-state index contributed by atoms with van der Waals surface area (Å²) in [5, 5.41) is 28.9. The van der Waals surface area contributed by atoms with Crippen molar-refractivity contribution in [2.75, 3.05) is 6.61 Å². The summed E-state index contributed by atoms with van der Waals surface area (Å²) in [4.78, 5) is 11.4. The lowest BCUT2D eigenvalue weighted by Gasteiger charge is -2.10. The van der Waals surface area contributed by atoms with Gasteiger partial charge in [0.1, 0.15) is 0 Å². The first kappa shape index (κ1) is 19.9. The number of esters is 1. The number of benzene rings is 1. The molecule has 0 saturated carbocycles. The van der Waals surface area contributed by atoms with Crippen LogP contribution in [-0.2, 0) is 9.53 Å². The van der Waals surface area contributed by atoms with Gasteiger partial charge in [0.2, 0.25) is 0 Å². The molecule has 0 aliphatic rings. The predicted octanol–water partition coefficient (Wildman–Crippen LogP) is 2.76. The zero-order chi connectivity index (χ0) is 18.1. The van der Waals surface area contributed by atoms with Crippen molar-refractivity contribution in [1.82, 2.24) is 0 Å². The van der Waals surface area contributed by atoms with E-state index in [2.05, 4.69) is 5.73 Å². The highest BCUT2D eigenvalue weighted by Gasteiger charge is 2.17. The Morgan fingerprint density at radius 2 is 2.08 bits per heavy atom. The van der Waals surface area contributed by atoms with Gasteiger partial charge in [0.05, 0.1) is 12.7 Å². The topological polar surface area (TPSA) is 87.0 Å². The average molecular weight is 338 g/mol. The van der Waals surface area contributed by atoms with Gasteiger partial charge in [0.25, 0.3) is 0 Å². The van der Waals surface area contributed by atoms with E-state index in [4.69, 9.17) is 9.84 Å². The Kier molecular flexibility index (Phi) is 8.19. The predicted molar refractivity (Wildman–Crippen MR) is 86.8 cm³/mol. The van der Waals surface area contributed by atoms with E-state index in [0.29, 0.717) is 17.6 Å². The van der Waals surface area contributed by atoms with E-state index >= 15 is 0 Å². The van der Waals surface area contributed by atoms with Crippen molar-refractivity contribution >= 4 is 5.97 Å². The third-order valence-corrected chi connectivity index (χ3v) is 3.43. The summed E-state index contributed by atoms with van der Waals surface area (Å²) >= 11 is 0. The van der Waals surface area contributed by atoms with Crippen molar-refractivity contribution in [1.29, 1.82) is 0 Å². The Morgan fingerprint density at radius 1 is 1.38 bits per heavy atom. The lowest BCUT2D eigenvalue weighted by atomic mass is 10.0. The summed E-state index contributed by atoms with van der Waals surface area (Å²) in [6, 6.07) is 3.69. The largest absolute Gasteiger partial charge is 0.505 e. The minimum Gasteiger partial charge on any atom is -0.505 e. The molecule has 0 amide bonds. The molecule has 0 bridgehead atoms. The third kappa shape index (κ3) is 6.16. The number of phenols is 1. The third-order valence-electron chi connectivity index (χ3n) is 3.43. The van der Waals surface area contributed by atoms with Crippen LogP contribution in [0.2, 0.25) is 0 Å². The second kappa shape index (κ2) is 9.88. The molecule has 0 aliphatic heterocycles. The van der Waals surface area contributed by atoms with Gasteiger partial charge in [0, 0.05) is 12.8 Å². The van der Waals surface area contributed by atoms with Crippen molar-refractivity contribution in [3.63, 3.8) is 0 Å². The number of halogens is 1. The molecular formula is C18H23FO5. The van der Waals surface area contributed by atoms with E-state index in [1.807, 2.05) is 6.92 Å². The number of hydrogen-bond donors (Lipinski definition) is 3. The highest BCUT2D eigenvalue weighted by molar-refractivity contribution is 5.74. The molecule has 0 saturated heterocycles. The maximum Gasteiger partial charge on any atom is 0.335 e. The number of ether oxygens (including phenoxy) is 1. The molecule has 5 nitrogen and oxygen atoms in total. The van der Waals surface area contributed by atoms with E-state index in [1.165, 1.54) is 12.1 Å². The van der Waals surface area contributed by atoms with Gasteiger partial charge in [0.15, 0.2) is 17.7 Å². The average Bonchev–Trinajstić information content (AvgIpc) is 2.56. The molecule has 0 spiro atoms. The smallest absolute Gasteiger partial charge is 0.335 e. The first-order valence-corrected chi connectivity index (χ1v) is 7.83. The number of carbonyl (C=O) groups excluding carboxylic acids is 1. The number of aliphatic hydroxyl groups is 2. The van der Waals surface area contributed by atoms with Crippen molar-refractivity contribution in [3.05, 3.63) is 47.0 Å². The molecule has 0 aromatic heterocycles. The fourth-order valence-corrected chi connectivity index (χ4v) is 2.04. The second-order valence-electron chi connectivity index (χ2n) is 5.24. The van der Waals surface area contributed by atoms with Gasteiger partial charge in [-0.1, -0.05) is 13.0 Å². The Balaban J connectivity index is 2.70. The highest BCUT2D eigenvalue weighted by Crippen LogP contribution is 2.23. The van der Waals surface area contributed by atoms with Gasteiger partial charge < -0.3 is 20.1 Å². The van der Waals surface area contributed by atoms with Crippen molar-refractivity contribution in [2.45, 2.75) is 45.3 Å². The molecule has 0 unspecified atom stereocenters. The second-order valence-corrected chi connectivity index (χ2v) is 5.24. The molecule has 132 valence electrons. The number of hydrogen-bond acceptors (Lipinski definition) is 5. The summed E-state index contributed by atoms with van der Waals surface area (Å²) in [7, 11) is 0. The van der Waals surface area contributed by atoms with Crippen LogP contribution in [0.25, 0.3) is 0 Å². The first-order chi connectivity index (χ1) is 11.4. The molecule has 0 heterocycles. The van der Waals surface area contributed by atoms with E-state index in [-0.39, 0.29) is 19.4 Å². The quantitative estimate of drug-likeness (QED) is 0.501. The maximum absolute atomic E-state index is 13.3. The summed E-state index contributed by atoms with van der Waals surface area (Å²) in [6.07, 6.45) is 0.264. The lowest BCUT2D eigenvalue weighted by molar-refractivity contribution is -0.152. The van der Waals surface area contributed by atoms with Crippen LogP contribution in [-0.4, -0.2) is 34.0 Å². The van der Waals surface area contributed by atoms with E-state index < -0.39 is 29.7 Å². The summed E-state index contributed by atoms with van der Waals surface area (Å²) in [5.74, 6) is -1.94. The number of rotatable bonds is 8. The van der Waals surface area contributed by atoms with E-state index in [9.17, 15) is 19.4 Å². The van der Waals surface area contributed by atoms with Crippen molar-refractivity contribution < 1.29 is 29.2 Å². The van der Waals surface area contributed by atoms with E-state index in [0.717, 1.165) is 6.07 Å². The molecule has 1 rings (SSSR count). The van der Waals surface area contributed by atoms with E-state index in [1.54, 1.807) is 13.0 Å². The Bertz CT molecular complexity index is 620. The van der Waals surface area contributed by atoms with Gasteiger partial charge in [-0.15, -0.1) is 5.73 Å². The van der Waals surface area contributed by atoms with Crippen LogP contribution in [0.15, 0.2) is 35.6 Å². The summed E-state index contributed by atoms with van der Waals surface area (Å²) in [6.45, 7) is 3.72. The van der Waals surface area contributed by atoms with Crippen LogP contribution in [0.1, 0.15) is 44.8 Å². The summed E-state index contributed by atoms with van der Waals surface area (Å²) in [5.41, 5.74) is 3.99. The highest BCUT2D eigenvalue weighted by atomic mass is 19.1. The zero-order valence-corrected chi connectivity index (χ0v) is 13.8. The van der Waals surface area contributed by atoms with Crippen LogP contribution in [0.5, 0.6) is 5.75 Å². The van der Waals surface area contributed by atoms with Crippen LogP contribution < -0.4 is 0 Å². The van der Waals surface area contributed by atoms with Crippen LogP contribution >= 0.6 is 0 Å². The minimum atomic E-state index is -1.24. The van der Waals surface area contributed by atoms with Crippen molar-refractivity contribution in [2.24, 2.45) is 0 Å². The Hall–Kier alpha value is -2.14. The number of phenolic OH excluding ortho intramolecular Hbond substituents is 1. The molecular weight excluding hydrogens is 315 g/mol. The SMILES string of the molecule is CCOC(=O)[C@H](O)CC(=C=CC[C@@H](O)c1ccc(O)c(F)c1)CC. The number of aromatic hydroxyl groups is 1. The van der Waals surface area contributed by atoms with Gasteiger partial charge >= 0.3 is 5.97 Å². The van der Waals surface area contributed by atoms with Gasteiger partial charge in [-0.25, -0.2) is 9.18 Å².